The van der Waals surface area contributed by atoms with Crippen LogP contribution in [-0.2, 0) is 11.6 Å². The van der Waals surface area contributed by atoms with Gasteiger partial charge in [-0.05, 0) is 22.2 Å². The largest absolute Gasteiger partial charge is 0.415 e. The Morgan fingerprint density at radius 2 is 1.17 bits per heavy atom. The van der Waals surface area contributed by atoms with Gasteiger partial charge in [-0.25, -0.2) is 0 Å². The zero-order valence-electron chi connectivity index (χ0n) is 16.2. The molecule has 23 heavy (non-hydrogen) atoms. The summed E-state index contributed by atoms with van der Waals surface area (Å²) in [6.07, 6.45) is -4.32. The molecule has 0 fully saturated rings. The molecule has 0 spiro atoms. The normalized spacial score (nSPS) is 14.8. The van der Waals surface area contributed by atoms with Gasteiger partial charge in [-0.1, -0.05) is 63.5 Å². The zero-order chi connectivity index (χ0) is 18.5. The number of hydrogen-bond acceptors (Lipinski definition) is 0. The summed E-state index contributed by atoms with van der Waals surface area (Å²) in [5.74, 6) is 0.177. The molecule has 1 aromatic carbocycles. The van der Waals surface area contributed by atoms with E-state index in [-0.39, 0.29) is 16.6 Å². The maximum atomic E-state index is 13.6. The van der Waals surface area contributed by atoms with E-state index in [9.17, 15) is 13.2 Å². The van der Waals surface area contributed by atoms with Crippen molar-refractivity contribution in [3.63, 3.8) is 0 Å². The van der Waals surface area contributed by atoms with E-state index < -0.39 is 11.7 Å². The Morgan fingerprint density at radius 1 is 0.739 bits per heavy atom. The highest BCUT2D eigenvalue weighted by molar-refractivity contribution is 6.52. The lowest BCUT2D eigenvalue weighted by molar-refractivity contribution is -0.135. The second-order valence-corrected chi connectivity index (χ2v) is 8.87. The topological polar surface area (TPSA) is 0 Å². The molecule has 0 bridgehead atoms. The van der Waals surface area contributed by atoms with Crippen molar-refractivity contribution in [1.29, 1.82) is 0 Å². The highest BCUT2D eigenvalue weighted by Crippen LogP contribution is 2.38. The van der Waals surface area contributed by atoms with Crippen LogP contribution in [0, 0.1) is 5.41 Å². The van der Waals surface area contributed by atoms with Crippen molar-refractivity contribution in [2.75, 3.05) is 0 Å². The second kappa shape index (κ2) is 5.97. The first-order valence-electron chi connectivity index (χ1n) is 8.22. The summed E-state index contributed by atoms with van der Waals surface area (Å²) in [7, 11) is 7.21. The van der Waals surface area contributed by atoms with Crippen LogP contribution in [0.4, 0.5) is 13.2 Å². The molecule has 0 radical (unpaired) electrons. The summed E-state index contributed by atoms with van der Waals surface area (Å²) in [5.41, 5.74) is 2.69. The molecule has 0 saturated heterocycles. The van der Waals surface area contributed by atoms with Crippen LogP contribution in [-0.4, -0.2) is 31.4 Å². The molecule has 0 N–H and O–H groups in total. The van der Waals surface area contributed by atoms with E-state index >= 15 is 0 Å². The molecule has 0 nitrogen and oxygen atoms in total. The summed E-state index contributed by atoms with van der Waals surface area (Å²) < 4.78 is 40.9. The minimum absolute atomic E-state index is 0.0105. The average molecular weight is 320 g/mol. The monoisotopic (exact) mass is 320 g/mol. The van der Waals surface area contributed by atoms with Crippen molar-refractivity contribution in [3.05, 3.63) is 16.7 Å². The molecule has 7 heteroatoms. The molecular weight excluding hydrogens is 292 g/mol. The molecule has 0 aliphatic heterocycles. The van der Waals surface area contributed by atoms with E-state index in [0.29, 0.717) is 10.9 Å². The van der Waals surface area contributed by atoms with Gasteiger partial charge in [0.05, 0.1) is 0 Å². The Bertz CT molecular complexity index is 608. The van der Waals surface area contributed by atoms with Gasteiger partial charge in [-0.2, -0.15) is 13.2 Å². The number of benzene rings is 1. The maximum Gasteiger partial charge on any atom is 0.415 e. The average Bonchev–Trinajstić information content (AvgIpc) is 2.27. The van der Waals surface area contributed by atoms with Gasteiger partial charge in [-0.15, -0.1) is 0 Å². The van der Waals surface area contributed by atoms with Gasteiger partial charge in [0.15, 0.2) is 0 Å². The third kappa shape index (κ3) is 3.85. The lowest BCUT2D eigenvalue weighted by atomic mass is 9.55. The van der Waals surface area contributed by atoms with Gasteiger partial charge in [0.2, 0.25) is 0 Å². The van der Waals surface area contributed by atoms with Gasteiger partial charge in [0.25, 0.3) is 0 Å². The Kier molecular flexibility index (Phi) is 5.27. The molecule has 0 aliphatic rings. The molecule has 1 aromatic rings. The number of alkyl halides is 3. The van der Waals surface area contributed by atoms with Crippen LogP contribution < -0.4 is 16.4 Å². The second-order valence-electron chi connectivity index (χ2n) is 8.87. The Hall–Kier alpha value is -0.730. The predicted octanol–water partition coefficient (Wildman–Crippen LogP) is -0.502. The molecule has 0 aliphatic carbocycles. The fourth-order valence-corrected chi connectivity index (χ4v) is 3.55. The quantitative estimate of drug-likeness (QED) is 0.612. The van der Waals surface area contributed by atoms with Crippen molar-refractivity contribution in [2.45, 2.75) is 59.0 Å². The molecule has 1 unspecified atom stereocenters. The van der Waals surface area contributed by atoms with Gasteiger partial charge in [0.1, 0.15) is 31.4 Å². The number of halogens is 3. The number of hydrogen-bond donors (Lipinski definition) is 0. The lowest BCUT2D eigenvalue weighted by Gasteiger charge is -2.38. The molecular formula is C16H27B4F3. The molecule has 0 aromatic heterocycles. The third-order valence-electron chi connectivity index (χ3n) is 5.13. The van der Waals surface area contributed by atoms with E-state index in [0.717, 1.165) is 16.6 Å². The van der Waals surface area contributed by atoms with Crippen LogP contribution in [0.15, 0.2) is 0 Å². The lowest BCUT2D eigenvalue weighted by Crippen LogP contribution is -2.48. The van der Waals surface area contributed by atoms with E-state index in [4.69, 9.17) is 0 Å². The van der Waals surface area contributed by atoms with Crippen molar-refractivity contribution < 1.29 is 13.2 Å². The fraction of sp³-hybridized carbons (Fsp3) is 0.625. The highest BCUT2D eigenvalue weighted by atomic mass is 19.4. The molecule has 0 heterocycles. The number of rotatable bonds is 1. The first-order chi connectivity index (χ1) is 10.0. The van der Waals surface area contributed by atoms with Gasteiger partial charge in [-0.3, -0.25) is 0 Å². The molecule has 124 valence electrons. The van der Waals surface area contributed by atoms with Crippen LogP contribution >= 0.6 is 0 Å². The van der Waals surface area contributed by atoms with Gasteiger partial charge in [0, 0.05) is 5.56 Å². The molecule has 1 rings (SSSR count). The maximum absolute atomic E-state index is 13.6. The van der Waals surface area contributed by atoms with E-state index in [1.54, 1.807) is 15.7 Å². The van der Waals surface area contributed by atoms with Gasteiger partial charge >= 0.3 is 6.18 Å². The smallest absolute Gasteiger partial charge is 0.166 e. The predicted molar refractivity (Wildman–Crippen MR) is 105 cm³/mol. The summed E-state index contributed by atoms with van der Waals surface area (Å²) in [5, 5.41) is 0. The summed E-state index contributed by atoms with van der Waals surface area (Å²) in [4.78, 5) is 0. The van der Waals surface area contributed by atoms with Crippen LogP contribution in [0.3, 0.4) is 0 Å². The minimum atomic E-state index is -4.32. The van der Waals surface area contributed by atoms with Crippen molar-refractivity contribution >= 4 is 47.8 Å². The summed E-state index contributed by atoms with van der Waals surface area (Å²) in [6.45, 7) is 12.4. The Morgan fingerprint density at radius 3 is 1.48 bits per heavy atom. The van der Waals surface area contributed by atoms with Crippen LogP contribution in [0.5, 0.6) is 0 Å². The Labute approximate surface area is 142 Å². The summed E-state index contributed by atoms with van der Waals surface area (Å²) in [6, 6.07) is 0. The third-order valence-corrected chi connectivity index (χ3v) is 5.13. The van der Waals surface area contributed by atoms with E-state index in [1.807, 2.05) is 28.6 Å². The van der Waals surface area contributed by atoms with Gasteiger partial charge < -0.3 is 0 Å². The minimum Gasteiger partial charge on any atom is -0.166 e. The first kappa shape index (κ1) is 20.3. The zero-order valence-corrected chi connectivity index (χ0v) is 16.2. The fourth-order valence-electron chi connectivity index (χ4n) is 3.55. The molecule has 0 saturated carbocycles. The standard InChI is InChI=1S/C16H27B4F3/c1-14(2,3)8-7(13(20)15(4,5)6)10(17)12(19)9(11(8)18)16(21,22)23/h13H,17-20H2,1-6H3. The van der Waals surface area contributed by atoms with Crippen LogP contribution in [0.2, 0.25) is 0 Å². The highest BCUT2D eigenvalue weighted by Gasteiger charge is 2.39. The summed E-state index contributed by atoms with van der Waals surface area (Å²) >= 11 is 0. The van der Waals surface area contributed by atoms with Crippen molar-refractivity contribution in [1.82, 2.24) is 0 Å². The SMILES string of the molecule is Bc1c(B)c(C(F)(F)F)c(B)c(C(C)(C)C)c1C(B)C(C)(C)C. The van der Waals surface area contributed by atoms with E-state index in [1.165, 1.54) is 0 Å². The first-order valence-corrected chi connectivity index (χ1v) is 8.22. The van der Waals surface area contributed by atoms with E-state index in [2.05, 4.69) is 28.6 Å². The van der Waals surface area contributed by atoms with Crippen molar-refractivity contribution in [2.24, 2.45) is 5.41 Å². The molecule has 0 amide bonds. The van der Waals surface area contributed by atoms with Crippen molar-refractivity contribution in [3.8, 4) is 0 Å². The van der Waals surface area contributed by atoms with Crippen LogP contribution in [0.25, 0.3) is 0 Å². The molecule has 1 atom stereocenters. The van der Waals surface area contributed by atoms with Crippen LogP contribution in [0.1, 0.15) is 64.1 Å². The Balaban J connectivity index is 4.00.